The summed E-state index contributed by atoms with van der Waals surface area (Å²) < 4.78 is 0. The van der Waals surface area contributed by atoms with Crippen molar-refractivity contribution in [2.24, 2.45) is 0 Å². The molecule has 0 amide bonds. The van der Waals surface area contributed by atoms with Gasteiger partial charge in [-0.3, -0.25) is 0 Å². The SMILES string of the molecule is CC.CC.CC.CC.CCCCN(C)CC. The van der Waals surface area contributed by atoms with Crippen molar-refractivity contribution in [2.45, 2.75) is 82.1 Å². The van der Waals surface area contributed by atoms with Crippen molar-refractivity contribution in [1.82, 2.24) is 4.90 Å². The van der Waals surface area contributed by atoms with Crippen LogP contribution in [0.3, 0.4) is 0 Å². The Morgan fingerprint density at radius 1 is 0.688 bits per heavy atom. The highest BCUT2D eigenvalue weighted by Gasteiger charge is 1.89. The third kappa shape index (κ3) is 66.0. The van der Waals surface area contributed by atoms with E-state index in [4.69, 9.17) is 0 Å². The van der Waals surface area contributed by atoms with Gasteiger partial charge >= 0.3 is 0 Å². The monoisotopic (exact) mass is 235 g/mol. The summed E-state index contributed by atoms with van der Waals surface area (Å²) in [4.78, 5) is 2.34. The molecular weight excluding hydrogens is 194 g/mol. The first kappa shape index (κ1) is 29.7. The van der Waals surface area contributed by atoms with Crippen LogP contribution in [0.15, 0.2) is 0 Å². The molecule has 0 bridgehead atoms. The van der Waals surface area contributed by atoms with Crippen LogP contribution in [-0.4, -0.2) is 25.0 Å². The number of hydrogen-bond donors (Lipinski definition) is 0. The van der Waals surface area contributed by atoms with Crippen LogP contribution in [0.5, 0.6) is 0 Å². The first-order chi connectivity index (χ1) is 7.81. The highest BCUT2D eigenvalue weighted by Crippen LogP contribution is 1.89. The van der Waals surface area contributed by atoms with Crippen molar-refractivity contribution in [2.75, 3.05) is 20.1 Å². The van der Waals surface area contributed by atoms with Crippen LogP contribution in [0.1, 0.15) is 82.1 Å². The fraction of sp³-hybridized carbons (Fsp3) is 1.00. The molecule has 106 valence electrons. The van der Waals surface area contributed by atoms with Gasteiger partial charge in [-0.2, -0.15) is 0 Å². The van der Waals surface area contributed by atoms with E-state index in [1.54, 1.807) is 0 Å². The maximum Gasteiger partial charge on any atom is -0.00220 e. The summed E-state index contributed by atoms with van der Waals surface area (Å²) in [5, 5.41) is 0. The molecule has 0 fully saturated rings. The Balaban J connectivity index is -0.0000000426. The minimum atomic E-state index is 1.18. The molecule has 0 rings (SSSR count). The first-order valence-corrected chi connectivity index (χ1v) is 7.49. The van der Waals surface area contributed by atoms with Crippen molar-refractivity contribution in [3.05, 3.63) is 0 Å². The molecule has 1 nitrogen and oxygen atoms in total. The largest absolute Gasteiger partial charge is 0.307 e. The Bertz CT molecular complexity index is 44.7. The van der Waals surface area contributed by atoms with Gasteiger partial charge in [0.05, 0.1) is 0 Å². The summed E-state index contributed by atoms with van der Waals surface area (Å²) in [6, 6.07) is 0. The van der Waals surface area contributed by atoms with Gasteiger partial charge in [0.1, 0.15) is 0 Å². The quantitative estimate of drug-likeness (QED) is 0.591. The van der Waals surface area contributed by atoms with Crippen LogP contribution in [0.25, 0.3) is 0 Å². The van der Waals surface area contributed by atoms with Gasteiger partial charge in [0.15, 0.2) is 0 Å². The summed E-state index contributed by atoms with van der Waals surface area (Å²) in [5.74, 6) is 0. The van der Waals surface area contributed by atoms with Crippen LogP contribution in [0, 0.1) is 0 Å². The zero-order chi connectivity index (χ0) is 14.4. The van der Waals surface area contributed by atoms with Crippen molar-refractivity contribution in [1.29, 1.82) is 0 Å². The Hall–Kier alpha value is -0.0400. The van der Waals surface area contributed by atoms with Crippen molar-refractivity contribution < 1.29 is 0 Å². The summed E-state index contributed by atoms with van der Waals surface area (Å²) in [7, 11) is 2.16. The molecular formula is C15H41N. The Morgan fingerprint density at radius 3 is 1.19 bits per heavy atom. The maximum atomic E-state index is 2.34. The first-order valence-electron chi connectivity index (χ1n) is 7.49. The molecule has 0 N–H and O–H groups in total. The highest BCUT2D eigenvalue weighted by atomic mass is 15.1. The summed E-state index contributed by atoms with van der Waals surface area (Å²) in [6.07, 6.45) is 2.65. The number of hydrogen-bond acceptors (Lipinski definition) is 1. The van der Waals surface area contributed by atoms with Crippen molar-refractivity contribution in [3.63, 3.8) is 0 Å². The van der Waals surface area contributed by atoms with Gasteiger partial charge in [-0.1, -0.05) is 75.7 Å². The molecule has 0 aromatic carbocycles. The number of nitrogens with zero attached hydrogens (tertiary/aromatic N) is 1. The number of unbranched alkanes of at least 4 members (excludes halogenated alkanes) is 1. The third-order valence-corrected chi connectivity index (χ3v) is 1.43. The Kier molecular flexibility index (Phi) is 112. The van der Waals surface area contributed by atoms with Gasteiger partial charge in [0.25, 0.3) is 0 Å². The van der Waals surface area contributed by atoms with Crippen molar-refractivity contribution in [3.8, 4) is 0 Å². The van der Waals surface area contributed by atoms with Gasteiger partial charge in [-0.05, 0) is 26.6 Å². The minimum absolute atomic E-state index is 1.18. The third-order valence-electron chi connectivity index (χ3n) is 1.43. The van der Waals surface area contributed by atoms with E-state index < -0.39 is 0 Å². The predicted molar refractivity (Wildman–Crippen MR) is 83.5 cm³/mol. The van der Waals surface area contributed by atoms with Crippen LogP contribution in [0.4, 0.5) is 0 Å². The molecule has 0 saturated carbocycles. The molecule has 0 aromatic rings. The molecule has 0 unspecified atom stereocenters. The van der Waals surface area contributed by atoms with E-state index in [1.165, 1.54) is 25.9 Å². The van der Waals surface area contributed by atoms with E-state index in [1.807, 2.05) is 55.4 Å². The zero-order valence-corrected chi connectivity index (χ0v) is 14.3. The molecule has 0 aliphatic heterocycles. The second-order valence-electron chi connectivity index (χ2n) is 2.25. The average Bonchev–Trinajstić information content (AvgIpc) is 2.45. The molecule has 1 heteroatoms. The maximum absolute atomic E-state index is 2.34. The van der Waals surface area contributed by atoms with Gasteiger partial charge in [-0.15, -0.1) is 0 Å². The molecule has 16 heavy (non-hydrogen) atoms. The average molecular weight is 235 g/mol. The second-order valence-corrected chi connectivity index (χ2v) is 2.25. The molecule has 0 heterocycles. The summed E-state index contributed by atoms with van der Waals surface area (Å²) in [5.41, 5.74) is 0. The fourth-order valence-corrected chi connectivity index (χ4v) is 0.586. The molecule has 0 atom stereocenters. The lowest BCUT2D eigenvalue weighted by atomic mass is 10.3. The van der Waals surface area contributed by atoms with Gasteiger partial charge in [0.2, 0.25) is 0 Å². The molecule has 0 aliphatic carbocycles. The van der Waals surface area contributed by atoms with Crippen LogP contribution >= 0.6 is 0 Å². The summed E-state index contributed by atoms with van der Waals surface area (Å²) >= 11 is 0. The van der Waals surface area contributed by atoms with E-state index in [-0.39, 0.29) is 0 Å². The lowest BCUT2D eigenvalue weighted by Gasteiger charge is -2.11. The highest BCUT2D eigenvalue weighted by molar-refractivity contribution is 4.44. The van der Waals surface area contributed by atoms with Crippen LogP contribution in [-0.2, 0) is 0 Å². The molecule has 0 aliphatic rings. The van der Waals surface area contributed by atoms with E-state index in [0.29, 0.717) is 0 Å². The molecule has 0 saturated heterocycles. The fourth-order valence-electron chi connectivity index (χ4n) is 0.586. The van der Waals surface area contributed by atoms with Crippen molar-refractivity contribution >= 4 is 0 Å². The van der Waals surface area contributed by atoms with Gasteiger partial charge in [-0.25, -0.2) is 0 Å². The lowest BCUT2D eigenvalue weighted by molar-refractivity contribution is 0.346. The molecule has 0 radical (unpaired) electrons. The normalized spacial score (nSPS) is 6.75. The van der Waals surface area contributed by atoms with E-state index in [9.17, 15) is 0 Å². The topological polar surface area (TPSA) is 3.24 Å². The lowest BCUT2D eigenvalue weighted by Crippen LogP contribution is -2.18. The molecule has 0 spiro atoms. The van der Waals surface area contributed by atoms with E-state index in [0.717, 1.165) is 0 Å². The Morgan fingerprint density at radius 2 is 1.00 bits per heavy atom. The van der Waals surface area contributed by atoms with Crippen LogP contribution in [0.2, 0.25) is 0 Å². The Labute approximate surface area is 108 Å². The van der Waals surface area contributed by atoms with Gasteiger partial charge < -0.3 is 4.90 Å². The minimum Gasteiger partial charge on any atom is -0.307 e. The predicted octanol–water partition coefficient (Wildman–Crippen LogP) is 5.84. The number of rotatable bonds is 4. The second kappa shape index (κ2) is 60.2. The van der Waals surface area contributed by atoms with Gasteiger partial charge in [0, 0.05) is 0 Å². The van der Waals surface area contributed by atoms with E-state index in [2.05, 4.69) is 25.8 Å². The smallest absolute Gasteiger partial charge is 0.00220 e. The standard InChI is InChI=1S/C7H17N.4C2H6/c1-4-6-7-8(3)5-2;4*1-2/h4-7H2,1-3H3;4*1-2H3. The molecule has 0 aromatic heterocycles. The van der Waals surface area contributed by atoms with Crippen LogP contribution < -0.4 is 0 Å². The summed E-state index contributed by atoms with van der Waals surface area (Å²) in [6.45, 7) is 22.9. The zero-order valence-electron chi connectivity index (χ0n) is 14.3. The van der Waals surface area contributed by atoms with E-state index >= 15 is 0 Å².